The van der Waals surface area contributed by atoms with Crippen molar-refractivity contribution in [2.45, 2.75) is 25.7 Å². The first-order valence-corrected chi connectivity index (χ1v) is 5.04. The summed E-state index contributed by atoms with van der Waals surface area (Å²) in [4.78, 5) is 0. The molecule has 3 nitrogen and oxygen atoms in total. The van der Waals surface area contributed by atoms with Crippen molar-refractivity contribution in [3.63, 3.8) is 0 Å². The van der Waals surface area contributed by atoms with Crippen molar-refractivity contribution in [2.24, 2.45) is 11.8 Å². The summed E-state index contributed by atoms with van der Waals surface area (Å²) in [6, 6.07) is 0. The third-order valence-corrected chi connectivity index (χ3v) is 2.70. The van der Waals surface area contributed by atoms with E-state index in [1.54, 1.807) is 7.11 Å². The first kappa shape index (κ1) is 11.0. The molecule has 0 heterocycles. The smallest absolute Gasteiger partial charge is 0.146 e. The highest BCUT2D eigenvalue weighted by molar-refractivity contribution is 4.72. The minimum atomic E-state index is 0.334. The summed E-state index contributed by atoms with van der Waals surface area (Å²) in [5, 5.41) is 9.01. The molecule has 0 amide bonds. The van der Waals surface area contributed by atoms with E-state index in [4.69, 9.17) is 14.6 Å². The van der Waals surface area contributed by atoms with Crippen molar-refractivity contribution in [2.75, 3.05) is 27.1 Å². The lowest BCUT2D eigenvalue weighted by atomic mass is 9.82. The van der Waals surface area contributed by atoms with Gasteiger partial charge in [-0.2, -0.15) is 0 Å². The molecule has 0 radical (unpaired) electrons. The second kappa shape index (κ2) is 6.35. The highest BCUT2D eigenvalue weighted by atomic mass is 16.7. The van der Waals surface area contributed by atoms with Crippen molar-refractivity contribution >= 4 is 0 Å². The van der Waals surface area contributed by atoms with Gasteiger partial charge in [0, 0.05) is 13.7 Å². The first-order chi connectivity index (χ1) is 6.36. The summed E-state index contributed by atoms with van der Waals surface area (Å²) in [5.74, 6) is 1.13. The van der Waals surface area contributed by atoms with Gasteiger partial charge in [-0.05, 0) is 31.1 Å². The van der Waals surface area contributed by atoms with E-state index in [0.29, 0.717) is 25.2 Å². The Kier molecular flexibility index (Phi) is 5.35. The molecule has 0 aliphatic heterocycles. The van der Waals surface area contributed by atoms with E-state index >= 15 is 0 Å². The van der Waals surface area contributed by atoms with Crippen LogP contribution in [0.4, 0.5) is 0 Å². The van der Waals surface area contributed by atoms with Gasteiger partial charge in [-0.15, -0.1) is 0 Å². The van der Waals surface area contributed by atoms with Gasteiger partial charge < -0.3 is 14.6 Å². The van der Waals surface area contributed by atoms with E-state index in [2.05, 4.69) is 0 Å². The molecule has 2 unspecified atom stereocenters. The molecule has 0 aromatic carbocycles. The number of hydrogen-bond acceptors (Lipinski definition) is 3. The predicted molar refractivity (Wildman–Crippen MR) is 50.4 cm³/mol. The SMILES string of the molecule is COCOCC1CCCC(CO)C1. The molecule has 3 heteroatoms. The Morgan fingerprint density at radius 1 is 1.31 bits per heavy atom. The Morgan fingerprint density at radius 3 is 2.77 bits per heavy atom. The molecule has 1 aliphatic rings. The van der Waals surface area contributed by atoms with Crippen molar-refractivity contribution in [3.8, 4) is 0 Å². The normalized spacial score (nSPS) is 29.1. The number of aliphatic hydroxyl groups excluding tert-OH is 1. The van der Waals surface area contributed by atoms with Gasteiger partial charge in [-0.3, -0.25) is 0 Å². The van der Waals surface area contributed by atoms with Gasteiger partial charge >= 0.3 is 0 Å². The van der Waals surface area contributed by atoms with Crippen molar-refractivity contribution in [1.82, 2.24) is 0 Å². The zero-order valence-corrected chi connectivity index (χ0v) is 8.37. The quantitative estimate of drug-likeness (QED) is 0.523. The fraction of sp³-hybridized carbons (Fsp3) is 1.00. The van der Waals surface area contributed by atoms with Crippen LogP contribution in [0.1, 0.15) is 25.7 Å². The standard InChI is InChI=1S/C10H20O3/c1-12-8-13-7-10-4-2-3-9(5-10)6-11/h9-11H,2-8H2,1H3. The van der Waals surface area contributed by atoms with Crippen LogP contribution in [-0.4, -0.2) is 32.2 Å². The third-order valence-electron chi connectivity index (χ3n) is 2.70. The summed E-state index contributed by atoms with van der Waals surface area (Å²) < 4.78 is 10.1. The fourth-order valence-electron chi connectivity index (χ4n) is 2.02. The van der Waals surface area contributed by atoms with E-state index in [1.807, 2.05) is 0 Å². The molecule has 0 aromatic rings. The summed E-state index contributed by atoms with van der Waals surface area (Å²) in [5.41, 5.74) is 0. The number of ether oxygens (including phenoxy) is 2. The molecule has 1 rings (SSSR count). The lowest BCUT2D eigenvalue weighted by molar-refractivity contribution is -0.0507. The van der Waals surface area contributed by atoms with E-state index in [1.165, 1.54) is 19.3 Å². The largest absolute Gasteiger partial charge is 0.396 e. The zero-order chi connectivity index (χ0) is 9.52. The van der Waals surface area contributed by atoms with Crippen LogP contribution >= 0.6 is 0 Å². The van der Waals surface area contributed by atoms with Crippen molar-refractivity contribution in [3.05, 3.63) is 0 Å². The monoisotopic (exact) mass is 188 g/mol. The maximum absolute atomic E-state index is 9.01. The van der Waals surface area contributed by atoms with Crippen LogP contribution in [0, 0.1) is 11.8 Å². The predicted octanol–water partition coefficient (Wildman–Crippen LogP) is 1.41. The van der Waals surface area contributed by atoms with Crippen LogP contribution in [-0.2, 0) is 9.47 Å². The second-order valence-electron chi connectivity index (χ2n) is 3.86. The molecule has 0 aromatic heterocycles. The van der Waals surface area contributed by atoms with E-state index in [-0.39, 0.29) is 0 Å². The van der Waals surface area contributed by atoms with Gasteiger partial charge in [0.15, 0.2) is 0 Å². The molecule has 1 N–H and O–H groups in total. The molecule has 0 spiro atoms. The van der Waals surface area contributed by atoms with Crippen molar-refractivity contribution < 1.29 is 14.6 Å². The van der Waals surface area contributed by atoms with Crippen LogP contribution in [0.2, 0.25) is 0 Å². The summed E-state index contributed by atoms with van der Waals surface area (Å²) in [6.07, 6.45) is 4.75. The minimum absolute atomic E-state index is 0.334. The van der Waals surface area contributed by atoms with Gasteiger partial charge in [0.1, 0.15) is 6.79 Å². The molecule has 0 saturated heterocycles. The number of methoxy groups -OCH3 is 1. The molecule has 78 valence electrons. The lowest BCUT2D eigenvalue weighted by Crippen LogP contribution is -2.22. The Hall–Kier alpha value is -0.120. The summed E-state index contributed by atoms with van der Waals surface area (Å²) in [6.45, 7) is 1.51. The zero-order valence-electron chi connectivity index (χ0n) is 8.37. The number of rotatable bonds is 5. The average molecular weight is 188 g/mol. The first-order valence-electron chi connectivity index (χ1n) is 5.04. The molecule has 1 fully saturated rings. The molecule has 2 atom stereocenters. The summed E-state index contributed by atoms with van der Waals surface area (Å²) in [7, 11) is 1.64. The second-order valence-corrected chi connectivity index (χ2v) is 3.86. The van der Waals surface area contributed by atoms with E-state index in [0.717, 1.165) is 13.0 Å². The molecule has 1 aliphatic carbocycles. The maximum Gasteiger partial charge on any atom is 0.146 e. The van der Waals surface area contributed by atoms with Gasteiger partial charge in [-0.25, -0.2) is 0 Å². The molecular weight excluding hydrogens is 168 g/mol. The molecule has 1 saturated carbocycles. The average Bonchev–Trinajstić information content (AvgIpc) is 2.19. The Balaban J connectivity index is 2.11. The maximum atomic E-state index is 9.01. The minimum Gasteiger partial charge on any atom is -0.396 e. The topological polar surface area (TPSA) is 38.7 Å². The van der Waals surface area contributed by atoms with Gasteiger partial charge in [0.2, 0.25) is 0 Å². The molecular formula is C10H20O3. The van der Waals surface area contributed by atoms with Crippen LogP contribution in [0.3, 0.4) is 0 Å². The lowest BCUT2D eigenvalue weighted by Gasteiger charge is -2.27. The fourth-order valence-corrected chi connectivity index (χ4v) is 2.02. The van der Waals surface area contributed by atoms with Crippen molar-refractivity contribution in [1.29, 1.82) is 0 Å². The van der Waals surface area contributed by atoms with E-state index < -0.39 is 0 Å². The third kappa shape index (κ3) is 4.07. The van der Waals surface area contributed by atoms with E-state index in [9.17, 15) is 0 Å². The van der Waals surface area contributed by atoms with Crippen LogP contribution in [0.15, 0.2) is 0 Å². The molecule has 13 heavy (non-hydrogen) atoms. The van der Waals surface area contributed by atoms with Crippen LogP contribution < -0.4 is 0 Å². The summed E-state index contributed by atoms with van der Waals surface area (Å²) >= 11 is 0. The number of aliphatic hydroxyl groups is 1. The van der Waals surface area contributed by atoms with Crippen LogP contribution in [0.25, 0.3) is 0 Å². The molecule has 0 bridgehead atoms. The Morgan fingerprint density at radius 2 is 2.08 bits per heavy atom. The number of hydrogen-bond donors (Lipinski definition) is 1. The highest BCUT2D eigenvalue weighted by Crippen LogP contribution is 2.28. The Bertz CT molecular complexity index is 127. The highest BCUT2D eigenvalue weighted by Gasteiger charge is 2.21. The van der Waals surface area contributed by atoms with Crippen LogP contribution in [0.5, 0.6) is 0 Å². The Labute approximate surface area is 80.0 Å². The van der Waals surface area contributed by atoms with Gasteiger partial charge in [0.25, 0.3) is 0 Å². The van der Waals surface area contributed by atoms with Gasteiger partial charge in [-0.1, -0.05) is 6.42 Å². The van der Waals surface area contributed by atoms with Gasteiger partial charge in [0.05, 0.1) is 6.61 Å².